The van der Waals surface area contributed by atoms with Crippen molar-refractivity contribution in [2.24, 2.45) is 0 Å². The molecule has 0 N–H and O–H groups in total. The van der Waals surface area contributed by atoms with E-state index in [1.54, 1.807) is 12.1 Å². The number of hydrogen-bond acceptors (Lipinski definition) is 3. The molecule has 0 aromatic heterocycles. The normalized spacial score (nSPS) is 11.8. The van der Waals surface area contributed by atoms with E-state index >= 15 is 0 Å². The molecule has 0 aliphatic heterocycles. The number of carboxylic acids is 1. The monoisotopic (exact) mass is 241 g/mol. The van der Waals surface area contributed by atoms with Crippen LogP contribution in [0.2, 0.25) is 0 Å². The van der Waals surface area contributed by atoms with Crippen LogP contribution in [0.25, 0.3) is 11.1 Å². The van der Waals surface area contributed by atoms with E-state index in [9.17, 15) is 9.90 Å². The predicted octanol–water partition coefficient (Wildman–Crippen LogP) is 1.87. The first-order valence-electron chi connectivity index (χ1n) is 5.70. The summed E-state index contributed by atoms with van der Waals surface area (Å²) in [6.07, 6.45) is -0.951. The first-order chi connectivity index (χ1) is 8.66. The third-order valence-electron chi connectivity index (χ3n) is 2.61. The quantitative estimate of drug-likeness (QED) is 0.821. The number of carbonyl (C=O) groups is 1. The highest BCUT2D eigenvalue weighted by Gasteiger charge is 2.04. The minimum Gasteiger partial charge on any atom is -0.546 e. The average molecular weight is 241 g/mol. The number of carbonyl (C=O) groups excluding carboxylic acids is 1. The fraction of sp³-hybridized carbons (Fsp3) is 0.133. The van der Waals surface area contributed by atoms with Crippen LogP contribution in [-0.4, -0.2) is 12.1 Å². The molecule has 2 rings (SSSR count). The summed E-state index contributed by atoms with van der Waals surface area (Å²) >= 11 is 0. The second kappa shape index (κ2) is 5.36. The van der Waals surface area contributed by atoms with Crippen molar-refractivity contribution in [2.45, 2.75) is 13.0 Å². The van der Waals surface area contributed by atoms with Gasteiger partial charge < -0.3 is 14.6 Å². The van der Waals surface area contributed by atoms with E-state index in [-0.39, 0.29) is 0 Å². The lowest BCUT2D eigenvalue weighted by Gasteiger charge is -2.15. The van der Waals surface area contributed by atoms with Crippen LogP contribution < -0.4 is 9.84 Å². The van der Waals surface area contributed by atoms with Gasteiger partial charge in [-0.1, -0.05) is 42.5 Å². The fourth-order valence-electron chi connectivity index (χ4n) is 1.61. The maximum absolute atomic E-state index is 10.6. The van der Waals surface area contributed by atoms with E-state index in [4.69, 9.17) is 4.74 Å². The lowest BCUT2D eigenvalue weighted by Crippen LogP contribution is -2.37. The molecule has 0 saturated carbocycles. The van der Waals surface area contributed by atoms with Gasteiger partial charge in [-0.2, -0.15) is 0 Å². The molecule has 1 atom stereocenters. The van der Waals surface area contributed by atoms with Crippen LogP contribution in [0, 0.1) is 0 Å². The van der Waals surface area contributed by atoms with Crippen molar-refractivity contribution in [1.29, 1.82) is 0 Å². The van der Waals surface area contributed by atoms with Gasteiger partial charge in [0.05, 0.1) is 5.97 Å². The van der Waals surface area contributed by atoms with Gasteiger partial charge in [0.2, 0.25) is 0 Å². The molecule has 0 aliphatic rings. The van der Waals surface area contributed by atoms with E-state index in [1.807, 2.05) is 42.5 Å². The van der Waals surface area contributed by atoms with Crippen LogP contribution in [0.15, 0.2) is 54.6 Å². The van der Waals surface area contributed by atoms with Crippen LogP contribution in [0.1, 0.15) is 6.92 Å². The third-order valence-corrected chi connectivity index (χ3v) is 2.61. The summed E-state index contributed by atoms with van der Waals surface area (Å²) in [5.74, 6) is -0.700. The predicted molar refractivity (Wildman–Crippen MR) is 67.0 cm³/mol. The molecule has 1 unspecified atom stereocenters. The number of benzene rings is 2. The highest BCUT2D eigenvalue weighted by atomic mass is 16.5. The molecule has 3 nitrogen and oxygen atoms in total. The summed E-state index contributed by atoms with van der Waals surface area (Å²) in [6, 6.07) is 17.2. The number of ether oxygens (including phenoxy) is 1. The molecule has 18 heavy (non-hydrogen) atoms. The molecule has 3 heteroatoms. The van der Waals surface area contributed by atoms with Gasteiger partial charge >= 0.3 is 0 Å². The Hall–Kier alpha value is -2.29. The lowest BCUT2D eigenvalue weighted by atomic mass is 10.1. The first-order valence-corrected chi connectivity index (χ1v) is 5.70. The average Bonchev–Trinajstić information content (AvgIpc) is 2.40. The van der Waals surface area contributed by atoms with Gasteiger partial charge in [0, 0.05) is 0 Å². The minimum absolute atomic E-state index is 0.520. The molecule has 2 aromatic carbocycles. The molecule has 0 saturated heterocycles. The van der Waals surface area contributed by atoms with Crippen molar-refractivity contribution in [3.05, 3.63) is 54.6 Å². The largest absolute Gasteiger partial charge is 0.546 e. The highest BCUT2D eigenvalue weighted by molar-refractivity contribution is 5.70. The molecule has 0 bridgehead atoms. The van der Waals surface area contributed by atoms with Crippen molar-refractivity contribution >= 4 is 5.97 Å². The zero-order valence-electron chi connectivity index (χ0n) is 10.00. The third kappa shape index (κ3) is 2.88. The van der Waals surface area contributed by atoms with Crippen molar-refractivity contribution in [2.75, 3.05) is 0 Å². The number of rotatable bonds is 4. The van der Waals surface area contributed by atoms with Crippen molar-refractivity contribution in [1.82, 2.24) is 0 Å². The van der Waals surface area contributed by atoms with E-state index in [0.717, 1.165) is 11.1 Å². The van der Waals surface area contributed by atoms with Crippen molar-refractivity contribution < 1.29 is 14.6 Å². The molecule has 0 amide bonds. The van der Waals surface area contributed by atoms with Crippen LogP contribution in [-0.2, 0) is 4.79 Å². The SMILES string of the molecule is CC(Oc1ccc(-c2ccccc2)cc1)C(=O)[O-]. The molecule has 92 valence electrons. The Labute approximate surface area is 106 Å². The number of carboxylic acid groups (broad SMARTS) is 1. The van der Waals surface area contributed by atoms with E-state index in [2.05, 4.69) is 0 Å². The summed E-state index contributed by atoms with van der Waals surface area (Å²) in [4.78, 5) is 10.6. The molecule has 0 radical (unpaired) electrons. The Bertz CT molecular complexity index is 517. The minimum atomic E-state index is -1.22. The second-order valence-corrected chi connectivity index (χ2v) is 3.97. The van der Waals surface area contributed by atoms with Gasteiger partial charge in [-0.15, -0.1) is 0 Å². The molecule has 0 fully saturated rings. The van der Waals surface area contributed by atoms with Gasteiger partial charge in [0.15, 0.2) is 0 Å². The van der Waals surface area contributed by atoms with Gasteiger partial charge in [-0.05, 0) is 30.2 Å². The Morgan fingerprint density at radius 1 is 1.00 bits per heavy atom. The summed E-state index contributed by atoms with van der Waals surface area (Å²) in [5, 5.41) is 10.6. The summed E-state index contributed by atoms with van der Waals surface area (Å²) in [5.41, 5.74) is 2.17. The van der Waals surface area contributed by atoms with Crippen molar-refractivity contribution in [3.63, 3.8) is 0 Å². The molecule has 0 aliphatic carbocycles. The standard InChI is InChI=1S/C15H14O3/c1-11(15(16)17)18-14-9-7-13(8-10-14)12-5-3-2-4-6-12/h2-11H,1H3,(H,16,17)/p-1. The number of aliphatic carboxylic acids is 1. The molecular formula is C15H13O3-. The van der Waals surface area contributed by atoms with E-state index in [1.165, 1.54) is 6.92 Å². The lowest BCUT2D eigenvalue weighted by molar-refractivity contribution is -0.312. The molecule has 0 heterocycles. The highest BCUT2D eigenvalue weighted by Crippen LogP contribution is 2.22. The van der Waals surface area contributed by atoms with Crippen molar-refractivity contribution in [3.8, 4) is 16.9 Å². The smallest absolute Gasteiger partial charge is 0.135 e. The van der Waals surface area contributed by atoms with Gasteiger partial charge in [-0.25, -0.2) is 0 Å². The Morgan fingerprint density at radius 2 is 1.56 bits per heavy atom. The Kier molecular flexibility index (Phi) is 3.63. The zero-order chi connectivity index (χ0) is 13.0. The van der Waals surface area contributed by atoms with Crippen LogP contribution >= 0.6 is 0 Å². The maximum atomic E-state index is 10.6. The summed E-state index contributed by atoms with van der Waals surface area (Å²) in [7, 11) is 0. The summed E-state index contributed by atoms with van der Waals surface area (Å²) in [6.45, 7) is 1.44. The van der Waals surface area contributed by atoms with Gasteiger partial charge in [-0.3, -0.25) is 0 Å². The topological polar surface area (TPSA) is 49.4 Å². The summed E-state index contributed by atoms with van der Waals surface area (Å²) < 4.78 is 5.20. The van der Waals surface area contributed by atoms with Crippen LogP contribution in [0.4, 0.5) is 0 Å². The maximum Gasteiger partial charge on any atom is 0.135 e. The van der Waals surface area contributed by atoms with Gasteiger partial charge in [0.25, 0.3) is 0 Å². The van der Waals surface area contributed by atoms with Gasteiger partial charge in [0.1, 0.15) is 11.9 Å². The second-order valence-electron chi connectivity index (χ2n) is 3.97. The first kappa shape index (κ1) is 12.2. The number of hydrogen-bond donors (Lipinski definition) is 0. The van der Waals surface area contributed by atoms with Crippen LogP contribution in [0.3, 0.4) is 0 Å². The van der Waals surface area contributed by atoms with E-state index in [0.29, 0.717) is 5.75 Å². The Balaban J connectivity index is 2.13. The molecule has 0 spiro atoms. The fourth-order valence-corrected chi connectivity index (χ4v) is 1.61. The molecule has 2 aromatic rings. The van der Waals surface area contributed by atoms with Crippen LogP contribution in [0.5, 0.6) is 5.75 Å². The Morgan fingerprint density at radius 3 is 2.11 bits per heavy atom. The zero-order valence-corrected chi connectivity index (χ0v) is 10.00. The van der Waals surface area contributed by atoms with E-state index < -0.39 is 12.1 Å². The molecular weight excluding hydrogens is 228 g/mol.